The van der Waals surface area contributed by atoms with Gasteiger partial charge in [-0.2, -0.15) is 0 Å². The number of para-hydroxylation sites is 1. The number of likely N-dealkylation sites (N-methyl/N-ethyl adjacent to an activating group) is 2. The lowest BCUT2D eigenvalue weighted by atomic mass is 10.1. The van der Waals surface area contributed by atoms with Gasteiger partial charge in [-0.15, -0.1) is 0 Å². The Morgan fingerprint density at radius 2 is 1.88 bits per heavy atom. The van der Waals surface area contributed by atoms with Crippen molar-refractivity contribution in [1.82, 2.24) is 19.4 Å². The second-order valence-electron chi connectivity index (χ2n) is 10.4. The highest BCUT2D eigenvalue weighted by Gasteiger charge is 2.23. The number of fused-ring (bicyclic) bond motifs is 1. The Bertz CT molecular complexity index is 1580. The first-order chi connectivity index (χ1) is 19.5. The van der Waals surface area contributed by atoms with E-state index in [9.17, 15) is 14.9 Å². The highest BCUT2D eigenvalue weighted by molar-refractivity contribution is 6.02. The zero-order valence-corrected chi connectivity index (χ0v) is 24.4. The predicted molar refractivity (Wildman–Crippen MR) is 162 cm³/mol. The number of methoxy groups -OCH3 is 1. The number of benzene rings is 2. The van der Waals surface area contributed by atoms with Crippen LogP contribution < -0.4 is 20.3 Å². The molecule has 2 heterocycles. The van der Waals surface area contributed by atoms with Crippen LogP contribution in [0.25, 0.3) is 22.2 Å². The number of rotatable bonds is 11. The molecule has 0 bridgehead atoms. The quantitative estimate of drug-likeness (QED) is 0.194. The maximum Gasteiger partial charge on any atom is 0.294 e. The normalized spacial score (nSPS) is 11.2. The van der Waals surface area contributed by atoms with E-state index in [4.69, 9.17) is 9.72 Å². The van der Waals surface area contributed by atoms with Crippen molar-refractivity contribution in [3.8, 4) is 17.0 Å². The molecular formula is C29H36N8O4. The van der Waals surface area contributed by atoms with E-state index in [2.05, 4.69) is 15.6 Å². The molecule has 0 unspecified atom stereocenters. The summed E-state index contributed by atoms with van der Waals surface area (Å²) in [5, 5.41) is 19.1. The molecule has 0 atom stereocenters. The zero-order chi connectivity index (χ0) is 29.8. The summed E-state index contributed by atoms with van der Waals surface area (Å²) >= 11 is 0. The SMILES string of the molecule is COc1cc(N(C)CCN(C)C)c([N+](=O)[O-])cc1Nc1ncc(NC(=O)C(C)C)c(-c2cn(C)c3ccccc23)n1. The Balaban J connectivity index is 1.79. The lowest BCUT2D eigenvalue weighted by Crippen LogP contribution is -2.29. The van der Waals surface area contributed by atoms with Gasteiger partial charge in [-0.05, 0) is 20.2 Å². The zero-order valence-electron chi connectivity index (χ0n) is 24.4. The van der Waals surface area contributed by atoms with Gasteiger partial charge in [0.1, 0.15) is 17.1 Å². The Morgan fingerprint density at radius 3 is 2.54 bits per heavy atom. The summed E-state index contributed by atoms with van der Waals surface area (Å²) < 4.78 is 7.60. The molecule has 12 nitrogen and oxygen atoms in total. The molecule has 216 valence electrons. The van der Waals surface area contributed by atoms with Crippen molar-refractivity contribution in [3.05, 3.63) is 58.9 Å². The molecule has 41 heavy (non-hydrogen) atoms. The molecule has 4 rings (SSSR count). The van der Waals surface area contributed by atoms with Crippen molar-refractivity contribution in [3.63, 3.8) is 0 Å². The second-order valence-corrected chi connectivity index (χ2v) is 10.4. The number of aryl methyl sites for hydroxylation is 1. The number of amides is 1. The van der Waals surface area contributed by atoms with Crippen LogP contribution in [0.4, 0.5) is 28.7 Å². The molecule has 0 saturated heterocycles. The number of anilines is 4. The van der Waals surface area contributed by atoms with Gasteiger partial charge in [0.15, 0.2) is 0 Å². The van der Waals surface area contributed by atoms with E-state index in [-0.39, 0.29) is 23.5 Å². The standard InChI is InChI=1S/C29H36N8O4/c1-18(2)28(38)31-22-16-30-29(33-27(22)20-17-36(6)23-11-9-8-10-19(20)23)32-21-14-25(37(39)40)24(15-26(21)41-7)35(5)13-12-34(3)4/h8-11,14-18H,12-13H2,1-7H3,(H,31,38)(H,30,32,33). The summed E-state index contributed by atoms with van der Waals surface area (Å²) in [6.45, 7) is 4.93. The lowest BCUT2D eigenvalue weighted by Gasteiger charge is -2.23. The second kappa shape index (κ2) is 12.2. The Labute approximate surface area is 239 Å². The number of nitrogens with zero attached hydrogens (tertiary/aromatic N) is 6. The average molecular weight is 561 g/mol. The van der Waals surface area contributed by atoms with E-state index in [1.165, 1.54) is 19.4 Å². The number of nitro groups is 1. The number of aromatic nitrogens is 3. The summed E-state index contributed by atoms with van der Waals surface area (Å²) in [6, 6.07) is 11.0. The molecule has 0 spiro atoms. The van der Waals surface area contributed by atoms with Crippen LogP contribution in [0.2, 0.25) is 0 Å². The van der Waals surface area contributed by atoms with E-state index >= 15 is 0 Å². The van der Waals surface area contributed by atoms with Gasteiger partial charge >= 0.3 is 0 Å². The van der Waals surface area contributed by atoms with Crippen LogP contribution in [0.3, 0.4) is 0 Å². The number of hydrogen-bond donors (Lipinski definition) is 2. The molecule has 0 aliphatic heterocycles. The topological polar surface area (TPSA) is 131 Å². The summed E-state index contributed by atoms with van der Waals surface area (Å²) in [5.41, 5.74) is 3.48. The van der Waals surface area contributed by atoms with Crippen LogP contribution in [0, 0.1) is 16.0 Å². The largest absolute Gasteiger partial charge is 0.494 e. The first kappa shape index (κ1) is 29.3. The van der Waals surface area contributed by atoms with Crippen molar-refractivity contribution in [2.75, 3.05) is 56.9 Å². The van der Waals surface area contributed by atoms with E-state index in [0.29, 0.717) is 35.1 Å². The van der Waals surface area contributed by atoms with E-state index in [0.717, 1.165) is 23.0 Å². The lowest BCUT2D eigenvalue weighted by molar-refractivity contribution is -0.384. The molecule has 2 aromatic heterocycles. The minimum absolute atomic E-state index is 0.0790. The van der Waals surface area contributed by atoms with E-state index in [1.807, 2.05) is 86.9 Å². The molecule has 0 radical (unpaired) electrons. The summed E-state index contributed by atoms with van der Waals surface area (Å²) in [5.74, 6) is 0.181. The Morgan fingerprint density at radius 1 is 1.15 bits per heavy atom. The predicted octanol–water partition coefficient (Wildman–Crippen LogP) is 4.89. The van der Waals surface area contributed by atoms with Gasteiger partial charge in [0.2, 0.25) is 11.9 Å². The van der Waals surface area contributed by atoms with E-state index < -0.39 is 4.92 Å². The molecule has 4 aromatic rings. The van der Waals surface area contributed by atoms with Gasteiger partial charge < -0.3 is 29.7 Å². The van der Waals surface area contributed by atoms with Gasteiger partial charge in [-0.1, -0.05) is 32.0 Å². The number of ether oxygens (including phenoxy) is 1. The summed E-state index contributed by atoms with van der Waals surface area (Å²) in [6.07, 6.45) is 3.49. The van der Waals surface area contributed by atoms with Crippen molar-refractivity contribution >= 4 is 45.5 Å². The van der Waals surface area contributed by atoms with Crippen LogP contribution >= 0.6 is 0 Å². The number of carbonyl (C=O) groups is 1. The smallest absolute Gasteiger partial charge is 0.294 e. The Kier molecular flexibility index (Phi) is 8.72. The van der Waals surface area contributed by atoms with Crippen molar-refractivity contribution in [2.24, 2.45) is 13.0 Å². The fourth-order valence-corrected chi connectivity index (χ4v) is 4.41. The van der Waals surface area contributed by atoms with Gasteiger partial charge in [-0.3, -0.25) is 14.9 Å². The highest BCUT2D eigenvalue weighted by Crippen LogP contribution is 2.40. The molecular weight excluding hydrogens is 524 g/mol. The maximum atomic E-state index is 12.6. The highest BCUT2D eigenvalue weighted by atomic mass is 16.6. The van der Waals surface area contributed by atoms with Crippen LogP contribution in [0.1, 0.15) is 13.8 Å². The van der Waals surface area contributed by atoms with Crippen LogP contribution in [-0.4, -0.2) is 71.6 Å². The molecule has 2 N–H and O–H groups in total. The van der Waals surface area contributed by atoms with Gasteiger partial charge in [-0.25, -0.2) is 9.97 Å². The van der Waals surface area contributed by atoms with Crippen molar-refractivity contribution in [1.29, 1.82) is 0 Å². The van der Waals surface area contributed by atoms with Crippen molar-refractivity contribution in [2.45, 2.75) is 13.8 Å². The van der Waals surface area contributed by atoms with Gasteiger partial charge in [0.05, 0.1) is 29.6 Å². The minimum atomic E-state index is -0.418. The number of nitro benzene ring substituents is 1. The number of carbonyl (C=O) groups excluding carboxylic acids is 1. The van der Waals surface area contributed by atoms with Crippen LogP contribution in [0.5, 0.6) is 5.75 Å². The molecule has 1 amide bonds. The third-order valence-electron chi connectivity index (χ3n) is 6.76. The number of nitrogens with one attached hydrogen (secondary N) is 2. The summed E-state index contributed by atoms with van der Waals surface area (Å²) in [7, 11) is 9.15. The van der Waals surface area contributed by atoms with Crippen LogP contribution in [-0.2, 0) is 11.8 Å². The monoisotopic (exact) mass is 560 g/mol. The van der Waals surface area contributed by atoms with Gasteiger partial charge in [0.25, 0.3) is 5.69 Å². The molecule has 12 heteroatoms. The minimum Gasteiger partial charge on any atom is -0.494 e. The fourth-order valence-electron chi connectivity index (χ4n) is 4.41. The fraction of sp³-hybridized carbons (Fsp3) is 0.345. The molecule has 0 fully saturated rings. The molecule has 0 aliphatic rings. The molecule has 2 aromatic carbocycles. The molecule has 0 saturated carbocycles. The van der Waals surface area contributed by atoms with Gasteiger partial charge in [0, 0.05) is 67.9 Å². The molecule has 0 aliphatic carbocycles. The first-order valence-corrected chi connectivity index (χ1v) is 13.2. The van der Waals surface area contributed by atoms with E-state index in [1.54, 1.807) is 6.07 Å². The van der Waals surface area contributed by atoms with Crippen LogP contribution in [0.15, 0.2) is 48.8 Å². The first-order valence-electron chi connectivity index (χ1n) is 13.2. The Hall–Kier alpha value is -4.71. The third-order valence-corrected chi connectivity index (χ3v) is 6.76. The summed E-state index contributed by atoms with van der Waals surface area (Å²) in [4.78, 5) is 37.3. The third kappa shape index (κ3) is 6.38. The average Bonchev–Trinajstić information content (AvgIpc) is 3.28. The maximum absolute atomic E-state index is 12.6. The van der Waals surface area contributed by atoms with Crippen molar-refractivity contribution < 1.29 is 14.5 Å². The number of hydrogen-bond acceptors (Lipinski definition) is 9.